The van der Waals surface area contributed by atoms with E-state index in [-0.39, 0.29) is 5.91 Å². The minimum Gasteiger partial charge on any atom is -0.381 e. The summed E-state index contributed by atoms with van der Waals surface area (Å²) in [6.45, 7) is 1.97. The van der Waals surface area contributed by atoms with Crippen LogP contribution >= 0.6 is 0 Å². The lowest BCUT2D eigenvalue weighted by molar-refractivity contribution is -0.135. The van der Waals surface area contributed by atoms with E-state index in [2.05, 4.69) is 5.32 Å². The first-order valence-electron chi connectivity index (χ1n) is 5.47. The summed E-state index contributed by atoms with van der Waals surface area (Å²) in [5, 5.41) is 2.81. The number of ether oxygens (including phenoxy) is 1. The molecule has 1 aliphatic heterocycles. The summed E-state index contributed by atoms with van der Waals surface area (Å²) in [5.41, 5.74) is 5.22. The first kappa shape index (κ1) is 13.6. The second-order valence-electron chi connectivity index (χ2n) is 4.13. The largest absolute Gasteiger partial charge is 0.381 e. The molecule has 0 radical (unpaired) electrons. The van der Waals surface area contributed by atoms with Gasteiger partial charge in [0.1, 0.15) is 0 Å². The van der Waals surface area contributed by atoms with Crippen LogP contribution in [-0.4, -0.2) is 48.4 Å². The van der Waals surface area contributed by atoms with Crippen molar-refractivity contribution in [1.82, 2.24) is 5.32 Å². The third-order valence-electron chi connectivity index (χ3n) is 3.00. The molecule has 1 fully saturated rings. The molecule has 0 spiro atoms. The second-order valence-corrected chi connectivity index (χ2v) is 5.68. The van der Waals surface area contributed by atoms with Crippen LogP contribution in [0.3, 0.4) is 0 Å². The van der Waals surface area contributed by atoms with Crippen LogP contribution in [0.1, 0.15) is 12.8 Å². The number of nitrogens with two attached hydrogens (primary N) is 1. The van der Waals surface area contributed by atoms with Crippen LogP contribution in [0.15, 0.2) is 0 Å². The summed E-state index contributed by atoms with van der Waals surface area (Å²) in [6, 6.07) is 0. The summed E-state index contributed by atoms with van der Waals surface area (Å²) in [4.78, 5) is 12.0. The third kappa shape index (κ3) is 3.54. The highest BCUT2D eigenvalue weighted by molar-refractivity contribution is 7.84. The van der Waals surface area contributed by atoms with Crippen molar-refractivity contribution in [2.45, 2.75) is 12.8 Å². The molecule has 1 amide bonds. The van der Waals surface area contributed by atoms with Crippen molar-refractivity contribution < 1.29 is 13.7 Å². The number of carbonyl (C=O) groups excluding carboxylic acids is 1. The van der Waals surface area contributed by atoms with Gasteiger partial charge in [-0.15, -0.1) is 0 Å². The number of amides is 1. The van der Waals surface area contributed by atoms with E-state index < -0.39 is 16.2 Å². The topological polar surface area (TPSA) is 81.4 Å². The van der Waals surface area contributed by atoms with E-state index in [1.54, 1.807) is 6.26 Å². The standard InChI is InChI=1S/C10H20N2O3S/c1-16(14)7-4-12-9(13)10(8-11)2-5-15-6-3-10/h2-8,11H2,1H3,(H,12,13). The van der Waals surface area contributed by atoms with Crippen LogP contribution in [0.4, 0.5) is 0 Å². The smallest absolute Gasteiger partial charge is 0.227 e. The fraction of sp³-hybridized carbons (Fsp3) is 0.900. The summed E-state index contributed by atoms with van der Waals surface area (Å²) < 4.78 is 16.1. The van der Waals surface area contributed by atoms with Crippen molar-refractivity contribution in [2.24, 2.45) is 11.1 Å². The van der Waals surface area contributed by atoms with Gasteiger partial charge in [0.25, 0.3) is 0 Å². The van der Waals surface area contributed by atoms with E-state index in [0.717, 1.165) is 0 Å². The zero-order valence-corrected chi connectivity index (χ0v) is 10.5. The molecule has 1 unspecified atom stereocenters. The number of nitrogens with one attached hydrogen (secondary N) is 1. The first-order chi connectivity index (χ1) is 7.60. The molecule has 1 aliphatic rings. The fourth-order valence-corrected chi connectivity index (χ4v) is 2.17. The fourth-order valence-electron chi connectivity index (χ4n) is 1.78. The molecule has 5 nitrogen and oxygen atoms in total. The summed E-state index contributed by atoms with van der Waals surface area (Å²) in [5.74, 6) is 0.465. The minimum atomic E-state index is -0.873. The van der Waals surface area contributed by atoms with Crippen LogP contribution in [-0.2, 0) is 20.3 Å². The Labute approximate surface area is 98.6 Å². The number of rotatable bonds is 5. The van der Waals surface area contributed by atoms with Crippen LogP contribution in [0, 0.1) is 5.41 Å². The lowest BCUT2D eigenvalue weighted by atomic mass is 9.79. The summed E-state index contributed by atoms with van der Waals surface area (Å²) in [7, 11) is -0.873. The van der Waals surface area contributed by atoms with E-state index in [9.17, 15) is 9.00 Å². The molecule has 0 saturated carbocycles. The molecule has 0 aromatic rings. The quantitative estimate of drug-likeness (QED) is 0.670. The number of carbonyl (C=O) groups is 1. The molecule has 0 aromatic heterocycles. The Hall–Kier alpha value is -0.460. The average Bonchev–Trinajstić information content (AvgIpc) is 2.29. The summed E-state index contributed by atoms with van der Waals surface area (Å²) >= 11 is 0. The van der Waals surface area contributed by atoms with Gasteiger partial charge in [-0.1, -0.05) is 0 Å². The molecule has 0 aromatic carbocycles. The van der Waals surface area contributed by atoms with E-state index in [4.69, 9.17) is 10.5 Å². The molecular weight excluding hydrogens is 228 g/mol. The molecule has 1 heterocycles. The van der Waals surface area contributed by atoms with Crippen LogP contribution in [0.5, 0.6) is 0 Å². The molecule has 1 rings (SSSR count). The predicted octanol–water partition coefficient (Wildman–Crippen LogP) is -0.763. The SMILES string of the molecule is CS(=O)CCNC(=O)C1(CN)CCOCC1. The van der Waals surface area contributed by atoms with Crippen molar-refractivity contribution >= 4 is 16.7 Å². The second kappa shape index (κ2) is 6.32. The van der Waals surface area contributed by atoms with Crippen LogP contribution in [0.25, 0.3) is 0 Å². The van der Waals surface area contributed by atoms with E-state index in [0.29, 0.717) is 44.9 Å². The molecule has 94 valence electrons. The Balaban J connectivity index is 2.45. The molecular formula is C10H20N2O3S. The molecule has 16 heavy (non-hydrogen) atoms. The summed E-state index contributed by atoms with van der Waals surface area (Å²) in [6.07, 6.45) is 2.97. The van der Waals surface area contributed by atoms with Gasteiger partial charge in [0, 0.05) is 49.1 Å². The maximum absolute atomic E-state index is 12.0. The van der Waals surface area contributed by atoms with Crippen LogP contribution in [0.2, 0.25) is 0 Å². The Morgan fingerprint density at radius 2 is 2.12 bits per heavy atom. The maximum atomic E-state index is 12.0. The van der Waals surface area contributed by atoms with E-state index in [1.807, 2.05) is 0 Å². The molecule has 0 aliphatic carbocycles. The van der Waals surface area contributed by atoms with Gasteiger partial charge in [-0.25, -0.2) is 0 Å². The zero-order valence-electron chi connectivity index (χ0n) is 9.66. The van der Waals surface area contributed by atoms with Crippen molar-refractivity contribution in [3.05, 3.63) is 0 Å². The highest BCUT2D eigenvalue weighted by Gasteiger charge is 2.38. The Morgan fingerprint density at radius 1 is 1.50 bits per heavy atom. The van der Waals surface area contributed by atoms with Crippen LogP contribution < -0.4 is 11.1 Å². The Bertz CT molecular complexity index is 265. The molecule has 0 bridgehead atoms. The van der Waals surface area contributed by atoms with Gasteiger partial charge in [0.15, 0.2) is 0 Å². The normalized spacial score (nSPS) is 21.4. The number of hydrogen-bond donors (Lipinski definition) is 2. The molecule has 6 heteroatoms. The third-order valence-corrected chi connectivity index (χ3v) is 3.78. The van der Waals surface area contributed by atoms with E-state index in [1.165, 1.54) is 0 Å². The molecule has 1 atom stereocenters. The number of hydrogen-bond acceptors (Lipinski definition) is 4. The van der Waals surface area contributed by atoms with Gasteiger partial charge in [-0.2, -0.15) is 0 Å². The van der Waals surface area contributed by atoms with E-state index >= 15 is 0 Å². The average molecular weight is 248 g/mol. The first-order valence-corrected chi connectivity index (χ1v) is 7.19. The molecule has 1 saturated heterocycles. The van der Waals surface area contributed by atoms with Crippen molar-refractivity contribution in [1.29, 1.82) is 0 Å². The highest BCUT2D eigenvalue weighted by Crippen LogP contribution is 2.29. The van der Waals surface area contributed by atoms with Gasteiger partial charge in [0.2, 0.25) is 5.91 Å². The molecule has 3 N–H and O–H groups in total. The monoisotopic (exact) mass is 248 g/mol. The maximum Gasteiger partial charge on any atom is 0.227 e. The van der Waals surface area contributed by atoms with Crippen molar-refractivity contribution in [2.75, 3.05) is 38.3 Å². The Kier molecular flexibility index (Phi) is 5.37. The van der Waals surface area contributed by atoms with Gasteiger partial charge in [-0.3, -0.25) is 9.00 Å². The minimum absolute atomic E-state index is 0.0243. The van der Waals surface area contributed by atoms with Gasteiger partial charge in [-0.05, 0) is 12.8 Å². The van der Waals surface area contributed by atoms with Gasteiger partial charge < -0.3 is 15.8 Å². The Morgan fingerprint density at radius 3 is 2.62 bits per heavy atom. The predicted molar refractivity (Wildman–Crippen MR) is 63.5 cm³/mol. The zero-order chi connectivity index (χ0) is 12.0. The lowest BCUT2D eigenvalue weighted by Crippen LogP contribution is -2.49. The van der Waals surface area contributed by atoms with Crippen molar-refractivity contribution in [3.63, 3.8) is 0 Å². The highest BCUT2D eigenvalue weighted by atomic mass is 32.2. The van der Waals surface area contributed by atoms with Gasteiger partial charge >= 0.3 is 0 Å². The van der Waals surface area contributed by atoms with Gasteiger partial charge in [0.05, 0.1) is 5.41 Å². The lowest BCUT2D eigenvalue weighted by Gasteiger charge is -2.34. The van der Waals surface area contributed by atoms with Crippen molar-refractivity contribution in [3.8, 4) is 0 Å².